The first kappa shape index (κ1) is 9.74. The smallest absolute Gasteiger partial charge is 0.0522 e. The third-order valence-corrected chi connectivity index (χ3v) is 3.17. The Morgan fingerprint density at radius 2 is 2.14 bits per heavy atom. The molecule has 1 heterocycles. The van der Waals surface area contributed by atoms with Crippen LogP contribution < -0.4 is 5.73 Å². The Bertz CT molecular complexity index is 460. The molecule has 0 saturated carbocycles. The fraction of sp³-hybridized carbons (Fsp3) is 0.273. The molecular weight excluding hydrogens is 240 g/mol. The van der Waals surface area contributed by atoms with Gasteiger partial charge in [0.25, 0.3) is 0 Å². The van der Waals surface area contributed by atoms with Crippen LogP contribution >= 0.6 is 15.9 Å². The molecule has 0 radical (unpaired) electrons. The Kier molecular flexibility index (Phi) is 2.61. The van der Waals surface area contributed by atoms with Crippen LogP contribution in [0.25, 0.3) is 10.9 Å². The molecule has 74 valence electrons. The van der Waals surface area contributed by atoms with Gasteiger partial charge in [-0.3, -0.25) is 0 Å². The van der Waals surface area contributed by atoms with Gasteiger partial charge in [0, 0.05) is 23.1 Å². The number of rotatable bonds is 2. The highest BCUT2D eigenvalue weighted by molar-refractivity contribution is 9.10. The molecule has 3 heteroatoms. The van der Waals surface area contributed by atoms with Gasteiger partial charge in [-0.05, 0) is 30.7 Å². The van der Waals surface area contributed by atoms with E-state index < -0.39 is 0 Å². The van der Waals surface area contributed by atoms with Gasteiger partial charge in [0.05, 0.1) is 5.52 Å². The van der Waals surface area contributed by atoms with Crippen molar-refractivity contribution in [3.05, 3.63) is 34.4 Å². The first-order valence-corrected chi connectivity index (χ1v) is 5.46. The molecule has 0 amide bonds. The molecule has 0 fully saturated rings. The van der Waals surface area contributed by atoms with Crippen LogP contribution in [0.5, 0.6) is 0 Å². The van der Waals surface area contributed by atoms with Crippen LogP contribution in [-0.2, 0) is 13.5 Å². The van der Waals surface area contributed by atoms with Gasteiger partial charge in [0.2, 0.25) is 0 Å². The van der Waals surface area contributed by atoms with Gasteiger partial charge in [-0.25, -0.2) is 0 Å². The maximum Gasteiger partial charge on any atom is 0.0522 e. The predicted octanol–water partition coefficient (Wildman–Crippen LogP) is 2.44. The largest absolute Gasteiger partial charge is 0.350 e. The van der Waals surface area contributed by atoms with Crippen molar-refractivity contribution in [3.8, 4) is 0 Å². The quantitative estimate of drug-likeness (QED) is 0.875. The minimum Gasteiger partial charge on any atom is -0.350 e. The maximum atomic E-state index is 5.59. The van der Waals surface area contributed by atoms with E-state index in [-0.39, 0.29) is 0 Å². The first-order chi connectivity index (χ1) is 6.74. The topological polar surface area (TPSA) is 30.9 Å². The summed E-state index contributed by atoms with van der Waals surface area (Å²) in [6.45, 7) is 0.696. The molecule has 0 atom stereocenters. The number of halogens is 1. The van der Waals surface area contributed by atoms with Gasteiger partial charge in [0.15, 0.2) is 0 Å². The number of aryl methyl sites for hydroxylation is 1. The zero-order chi connectivity index (χ0) is 10.1. The summed E-state index contributed by atoms with van der Waals surface area (Å²) < 4.78 is 3.29. The molecule has 2 rings (SSSR count). The molecule has 2 aromatic rings. The maximum absolute atomic E-state index is 5.59. The summed E-state index contributed by atoms with van der Waals surface area (Å²) in [7, 11) is 2.06. The summed E-state index contributed by atoms with van der Waals surface area (Å²) in [5.74, 6) is 0. The van der Waals surface area contributed by atoms with Crippen LogP contribution in [0.1, 0.15) is 5.56 Å². The molecule has 1 aromatic heterocycles. The molecule has 0 saturated heterocycles. The number of nitrogens with zero attached hydrogens (tertiary/aromatic N) is 1. The van der Waals surface area contributed by atoms with Crippen LogP contribution in [0.4, 0.5) is 0 Å². The summed E-state index contributed by atoms with van der Waals surface area (Å²) >= 11 is 3.55. The van der Waals surface area contributed by atoms with Crippen molar-refractivity contribution in [1.29, 1.82) is 0 Å². The van der Waals surface area contributed by atoms with Gasteiger partial charge in [-0.15, -0.1) is 0 Å². The summed E-state index contributed by atoms with van der Waals surface area (Å²) in [5.41, 5.74) is 8.19. The monoisotopic (exact) mass is 252 g/mol. The Labute approximate surface area is 91.8 Å². The Hall–Kier alpha value is -0.800. The number of benzene rings is 1. The molecule has 2 nitrogen and oxygen atoms in total. The number of fused-ring (bicyclic) bond motifs is 1. The number of aromatic nitrogens is 1. The number of hydrogen-bond donors (Lipinski definition) is 1. The minimum absolute atomic E-state index is 0.696. The van der Waals surface area contributed by atoms with Gasteiger partial charge < -0.3 is 10.3 Å². The fourth-order valence-electron chi connectivity index (χ4n) is 1.82. The van der Waals surface area contributed by atoms with E-state index in [1.165, 1.54) is 16.5 Å². The van der Waals surface area contributed by atoms with Gasteiger partial charge in [-0.1, -0.05) is 22.0 Å². The molecule has 0 aliphatic heterocycles. The van der Waals surface area contributed by atoms with E-state index in [4.69, 9.17) is 5.73 Å². The summed E-state index contributed by atoms with van der Waals surface area (Å²) in [6, 6.07) is 6.35. The van der Waals surface area contributed by atoms with Crippen LogP contribution in [0.2, 0.25) is 0 Å². The second kappa shape index (κ2) is 3.75. The van der Waals surface area contributed by atoms with Crippen molar-refractivity contribution in [2.45, 2.75) is 6.42 Å². The fourth-order valence-corrected chi connectivity index (χ4v) is 2.27. The SMILES string of the molecule is Cn1ccc2c(Br)ccc(CCN)c21. The normalized spacial score (nSPS) is 11.1. The Balaban J connectivity index is 2.72. The van der Waals surface area contributed by atoms with E-state index >= 15 is 0 Å². The summed E-state index contributed by atoms with van der Waals surface area (Å²) in [4.78, 5) is 0. The molecule has 0 spiro atoms. The standard InChI is InChI=1S/C11H13BrN2/c1-14-7-5-9-10(12)3-2-8(4-6-13)11(9)14/h2-3,5,7H,4,6,13H2,1H3. The highest BCUT2D eigenvalue weighted by atomic mass is 79.9. The van der Waals surface area contributed by atoms with E-state index in [9.17, 15) is 0 Å². The van der Waals surface area contributed by atoms with Crippen LogP contribution in [0.3, 0.4) is 0 Å². The first-order valence-electron chi connectivity index (χ1n) is 4.66. The second-order valence-electron chi connectivity index (χ2n) is 3.43. The summed E-state index contributed by atoms with van der Waals surface area (Å²) in [6.07, 6.45) is 3.01. The average molecular weight is 253 g/mol. The molecule has 0 aliphatic rings. The van der Waals surface area contributed by atoms with Crippen molar-refractivity contribution in [1.82, 2.24) is 4.57 Å². The third kappa shape index (κ3) is 1.47. The van der Waals surface area contributed by atoms with Crippen molar-refractivity contribution in [3.63, 3.8) is 0 Å². The molecule has 2 N–H and O–H groups in total. The highest BCUT2D eigenvalue weighted by Crippen LogP contribution is 2.27. The van der Waals surface area contributed by atoms with E-state index in [0.717, 1.165) is 10.9 Å². The second-order valence-corrected chi connectivity index (χ2v) is 4.29. The number of nitrogens with two attached hydrogens (primary N) is 1. The summed E-state index contributed by atoms with van der Waals surface area (Å²) in [5, 5.41) is 1.26. The molecular formula is C11H13BrN2. The van der Waals surface area contributed by atoms with Crippen LogP contribution in [0, 0.1) is 0 Å². The van der Waals surface area contributed by atoms with Crippen LogP contribution in [0.15, 0.2) is 28.9 Å². The van der Waals surface area contributed by atoms with Crippen LogP contribution in [-0.4, -0.2) is 11.1 Å². The van der Waals surface area contributed by atoms with Crippen molar-refractivity contribution >= 4 is 26.8 Å². The predicted molar refractivity (Wildman–Crippen MR) is 63.4 cm³/mol. The van der Waals surface area contributed by atoms with Crippen molar-refractivity contribution < 1.29 is 0 Å². The van der Waals surface area contributed by atoms with Crippen molar-refractivity contribution in [2.24, 2.45) is 12.8 Å². The Morgan fingerprint density at radius 1 is 1.36 bits per heavy atom. The third-order valence-electron chi connectivity index (χ3n) is 2.48. The Morgan fingerprint density at radius 3 is 2.86 bits per heavy atom. The zero-order valence-corrected chi connectivity index (χ0v) is 9.71. The molecule has 0 aliphatic carbocycles. The molecule has 0 unspecified atom stereocenters. The lowest BCUT2D eigenvalue weighted by molar-refractivity contribution is 0.929. The lowest BCUT2D eigenvalue weighted by Gasteiger charge is -2.05. The molecule has 14 heavy (non-hydrogen) atoms. The van der Waals surface area contributed by atoms with Gasteiger partial charge in [-0.2, -0.15) is 0 Å². The minimum atomic E-state index is 0.696. The molecule has 1 aromatic carbocycles. The van der Waals surface area contributed by atoms with Gasteiger partial charge in [0.1, 0.15) is 0 Å². The van der Waals surface area contributed by atoms with E-state index in [1.807, 2.05) is 0 Å². The number of hydrogen-bond acceptors (Lipinski definition) is 1. The zero-order valence-electron chi connectivity index (χ0n) is 8.13. The van der Waals surface area contributed by atoms with Crippen molar-refractivity contribution in [2.75, 3.05) is 6.54 Å². The average Bonchev–Trinajstić information content (AvgIpc) is 2.55. The van der Waals surface area contributed by atoms with E-state index in [1.54, 1.807) is 0 Å². The highest BCUT2D eigenvalue weighted by Gasteiger charge is 2.06. The lowest BCUT2D eigenvalue weighted by Crippen LogP contribution is -2.04. The molecule has 0 bridgehead atoms. The van der Waals surface area contributed by atoms with E-state index in [2.05, 4.69) is 51.9 Å². The van der Waals surface area contributed by atoms with E-state index in [0.29, 0.717) is 6.54 Å². The van der Waals surface area contributed by atoms with Gasteiger partial charge >= 0.3 is 0 Å². The lowest BCUT2D eigenvalue weighted by atomic mass is 10.1.